The van der Waals surface area contributed by atoms with Crippen LogP contribution in [0.1, 0.15) is 13.2 Å². The van der Waals surface area contributed by atoms with Crippen LogP contribution in [0.3, 0.4) is 0 Å². The third-order valence-corrected chi connectivity index (χ3v) is 7.72. The molecule has 1 saturated heterocycles. The van der Waals surface area contributed by atoms with Crippen LogP contribution in [-0.2, 0) is 22.9 Å². The van der Waals surface area contributed by atoms with Gasteiger partial charge in [0, 0.05) is 6.20 Å². The van der Waals surface area contributed by atoms with E-state index in [1.165, 1.54) is 11.7 Å². The number of anilines is 1. The van der Waals surface area contributed by atoms with Gasteiger partial charge in [-0.15, -0.1) is 0 Å². The molecule has 2 unspecified atom stereocenters. The quantitative estimate of drug-likeness (QED) is 0.381. The Morgan fingerprint density at radius 1 is 1.09 bits per heavy atom. The Morgan fingerprint density at radius 2 is 1.72 bits per heavy atom. The van der Waals surface area contributed by atoms with E-state index in [2.05, 4.69) is 69.4 Å². The second kappa shape index (κ2) is 9.78. The van der Waals surface area contributed by atoms with E-state index in [9.17, 15) is 4.79 Å². The third kappa shape index (κ3) is 7.32. The monoisotopic (exact) mass is 503 g/mol. The number of rotatable bonds is 10. The summed E-state index contributed by atoms with van der Waals surface area (Å²) in [6.45, 7) is 21.6. The summed E-state index contributed by atoms with van der Waals surface area (Å²) in [4.78, 5) is 21.9. The van der Waals surface area contributed by atoms with Crippen LogP contribution in [0.2, 0.25) is 58.9 Å². The fraction of sp³-hybridized carbons (Fsp3) is 0.800. The fourth-order valence-corrected chi connectivity index (χ4v) is 7.13. The van der Waals surface area contributed by atoms with Crippen molar-refractivity contribution in [2.45, 2.75) is 89.9 Å². The molecule has 9 nitrogen and oxygen atoms in total. The summed E-state index contributed by atoms with van der Waals surface area (Å²) in [7, 11) is -4.38. The molecule has 0 saturated carbocycles. The van der Waals surface area contributed by atoms with Gasteiger partial charge in [0.15, 0.2) is 37.0 Å². The lowest BCUT2D eigenvalue weighted by Gasteiger charge is -2.42. The highest BCUT2D eigenvalue weighted by Crippen LogP contribution is 2.45. The second-order valence-corrected chi connectivity index (χ2v) is 24.7. The van der Waals surface area contributed by atoms with Crippen molar-refractivity contribution in [2.75, 3.05) is 19.2 Å². The smallest absolute Gasteiger partial charge is 0.351 e. The zero-order valence-electron chi connectivity index (χ0n) is 21.4. The molecule has 32 heavy (non-hydrogen) atoms. The lowest BCUT2D eigenvalue weighted by Crippen LogP contribution is -2.56. The lowest BCUT2D eigenvalue weighted by atomic mass is 9.96. The summed E-state index contributed by atoms with van der Waals surface area (Å²) in [5.41, 5.74) is 1.24. The average Bonchev–Trinajstić information content (AvgIpc) is 2.82. The third-order valence-electron chi connectivity index (χ3n) is 4.67. The number of nitrogens with one attached hydrogen (secondary N) is 1. The highest BCUT2D eigenvalue weighted by atomic mass is 28.4. The Labute approximate surface area is 195 Å². The first-order valence-corrected chi connectivity index (χ1v) is 21.2. The zero-order valence-corrected chi connectivity index (χ0v) is 24.4. The fourth-order valence-electron chi connectivity index (χ4n) is 3.78. The van der Waals surface area contributed by atoms with Crippen LogP contribution in [0.15, 0.2) is 17.1 Å². The summed E-state index contributed by atoms with van der Waals surface area (Å²) in [6.07, 6.45) is 0.192. The maximum Gasteiger partial charge on any atom is 0.351 e. The summed E-state index contributed by atoms with van der Waals surface area (Å²) >= 11 is 0. The van der Waals surface area contributed by atoms with Crippen LogP contribution in [0.4, 0.5) is 5.82 Å². The van der Waals surface area contributed by atoms with Gasteiger partial charge >= 0.3 is 5.69 Å². The highest BCUT2D eigenvalue weighted by molar-refractivity contribution is 6.70. The second-order valence-electron chi connectivity index (χ2n) is 11.3. The molecule has 184 valence electrons. The first kappa shape index (κ1) is 27.4. The topological polar surface area (TPSA) is 93.1 Å². The lowest BCUT2D eigenvalue weighted by molar-refractivity contribution is -0.0859. The van der Waals surface area contributed by atoms with E-state index in [1.54, 1.807) is 12.3 Å². The molecule has 1 aliphatic heterocycles. The SMILES string of the molecule is CONc1ccn([C@@H]2O[C@H](CO[Si](C)(C)C)C(O[Si](C)(C)C)C2(C)O[Si](C)(C)C)c(=O)n1. The van der Waals surface area contributed by atoms with Gasteiger partial charge in [0.05, 0.1) is 13.7 Å². The molecule has 1 aliphatic rings. The van der Waals surface area contributed by atoms with Gasteiger partial charge in [0.25, 0.3) is 0 Å². The van der Waals surface area contributed by atoms with E-state index in [4.69, 9.17) is 22.9 Å². The van der Waals surface area contributed by atoms with Gasteiger partial charge in [0.1, 0.15) is 17.8 Å². The van der Waals surface area contributed by atoms with Crippen molar-refractivity contribution in [1.82, 2.24) is 9.55 Å². The number of nitrogens with zero attached hydrogens (tertiary/aromatic N) is 2. The molecular formula is C20H41N3O6Si3. The van der Waals surface area contributed by atoms with Crippen LogP contribution in [0.5, 0.6) is 0 Å². The molecule has 2 rings (SSSR count). The molecule has 1 aromatic rings. The molecule has 12 heteroatoms. The van der Waals surface area contributed by atoms with E-state index in [0.717, 1.165) is 0 Å². The minimum absolute atomic E-state index is 0.327. The molecule has 0 amide bonds. The van der Waals surface area contributed by atoms with E-state index in [0.29, 0.717) is 12.4 Å². The van der Waals surface area contributed by atoms with Crippen molar-refractivity contribution in [2.24, 2.45) is 0 Å². The average molecular weight is 504 g/mol. The number of ether oxygens (including phenoxy) is 1. The van der Waals surface area contributed by atoms with E-state index >= 15 is 0 Å². The van der Waals surface area contributed by atoms with Gasteiger partial charge in [-0.3, -0.25) is 9.40 Å². The molecule has 0 aromatic carbocycles. The zero-order chi connectivity index (χ0) is 24.5. The maximum absolute atomic E-state index is 12.9. The Balaban J connectivity index is 2.55. The Bertz CT molecular complexity index is 834. The van der Waals surface area contributed by atoms with Crippen LogP contribution < -0.4 is 11.2 Å². The Hall–Kier alpha value is -0.869. The number of aromatic nitrogens is 2. The van der Waals surface area contributed by atoms with Gasteiger partial charge in [-0.1, -0.05) is 0 Å². The van der Waals surface area contributed by atoms with Crippen molar-refractivity contribution >= 4 is 30.8 Å². The summed E-state index contributed by atoms with van der Waals surface area (Å²) in [5.74, 6) is 0.327. The van der Waals surface area contributed by atoms with Crippen molar-refractivity contribution < 1.29 is 22.9 Å². The van der Waals surface area contributed by atoms with Gasteiger partial charge in [0.2, 0.25) is 0 Å². The van der Waals surface area contributed by atoms with Crippen LogP contribution in [0.25, 0.3) is 0 Å². The summed E-state index contributed by atoms with van der Waals surface area (Å²) in [5, 5.41) is 0. The van der Waals surface area contributed by atoms with Crippen LogP contribution >= 0.6 is 0 Å². The highest BCUT2D eigenvalue weighted by Gasteiger charge is 2.59. The van der Waals surface area contributed by atoms with E-state index in [1.807, 2.05) is 6.92 Å². The standard InChI is InChI=1S/C20H41N3O6Si3/c1-20(29-32(9,10)11)17(28-31(6,7)8)15(14-26-30(3,4)5)27-18(20)23-13-12-16(22-25-2)21-19(23)24/h12-13,15,17-18H,14H2,1-11H3,(H,21,22,24)/t15-,17?,18-,20?/m1/s1. The number of hydrogen-bond acceptors (Lipinski definition) is 8. The molecule has 2 heterocycles. The van der Waals surface area contributed by atoms with E-state index < -0.39 is 42.5 Å². The molecule has 0 aliphatic carbocycles. The normalized spacial score (nSPS) is 27.0. The molecular weight excluding hydrogens is 462 g/mol. The van der Waals surface area contributed by atoms with Gasteiger partial charge in [-0.25, -0.2) is 10.3 Å². The Kier molecular flexibility index (Phi) is 8.37. The molecule has 1 fully saturated rings. The Morgan fingerprint density at radius 3 is 2.19 bits per heavy atom. The summed E-state index contributed by atoms with van der Waals surface area (Å²) < 4.78 is 27.6. The van der Waals surface area contributed by atoms with Gasteiger partial charge < -0.3 is 18.0 Å². The van der Waals surface area contributed by atoms with Gasteiger partial charge in [-0.05, 0) is 71.9 Å². The first-order valence-electron chi connectivity index (χ1n) is 11.0. The van der Waals surface area contributed by atoms with Crippen molar-refractivity contribution in [3.05, 3.63) is 22.7 Å². The van der Waals surface area contributed by atoms with Crippen molar-refractivity contribution in [3.8, 4) is 0 Å². The predicted octanol–water partition coefficient (Wildman–Crippen LogP) is 3.80. The molecule has 0 radical (unpaired) electrons. The van der Waals surface area contributed by atoms with Crippen LogP contribution in [-0.4, -0.2) is 66.0 Å². The first-order chi connectivity index (χ1) is 14.5. The molecule has 0 spiro atoms. The maximum atomic E-state index is 12.9. The van der Waals surface area contributed by atoms with Crippen LogP contribution in [0, 0.1) is 0 Å². The van der Waals surface area contributed by atoms with Crippen molar-refractivity contribution in [1.29, 1.82) is 0 Å². The minimum atomic E-state index is -2.06. The van der Waals surface area contributed by atoms with Gasteiger partial charge in [-0.2, -0.15) is 4.98 Å². The molecule has 0 bridgehead atoms. The van der Waals surface area contributed by atoms with Crippen molar-refractivity contribution in [3.63, 3.8) is 0 Å². The number of hydrogen-bond donors (Lipinski definition) is 1. The predicted molar refractivity (Wildman–Crippen MR) is 133 cm³/mol. The molecule has 1 N–H and O–H groups in total. The largest absolute Gasteiger partial charge is 0.415 e. The molecule has 1 aromatic heterocycles. The van der Waals surface area contributed by atoms with E-state index in [-0.39, 0.29) is 12.2 Å². The molecule has 4 atom stereocenters. The summed E-state index contributed by atoms with van der Waals surface area (Å²) in [6, 6.07) is 1.67. The minimum Gasteiger partial charge on any atom is -0.415 e.